The van der Waals surface area contributed by atoms with Gasteiger partial charge >= 0.3 is 0 Å². The van der Waals surface area contributed by atoms with Gasteiger partial charge in [0.25, 0.3) is 0 Å². The molecule has 1 aliphatic rings. The molecule has 5 nitrogen and oxygen atoms in total. The summed E-state index contributed by atoms with van der Waals surface area (Å²) in [5, 5.41) is 13.4. The number of amides is 1. The molecule has 1 saturated heterocycles. The van der Waals surface area contributed by atoms with Crippen molar-refractivity contribution in [2.75, 3.05) is 18.1 Å². The zero-order valence-corrected chi connectivity index (χ0v) is 13.1. The zero-order valence-electron chi connectivity index (χ0n) is 11.5. The van der Waals surface area contributed by atoms with Gasteiger partial charge in [0.15, 0.2) is 9.84 Å². The number of aliphatic hydroxyl groups is 1. The maximum atomic E-state index is 11.9. The highest BCUT2D eigenvalue weighted by Gasteiger charge is 2.29. The smallest absolute Gasteiger partial charge is 0.220 e. The molecule has 2 heterocycles. The maximum absolute atomic E-state index is 11.9. The fraction of sp³-hybridized carbons (Fsp3) is 0.500. The quantitative estimate of drug-likeness (QED) is 0.791. The van der Waals surface area contributed by atoms with Gasteiger partial charge in [-0.05, 0) is 23.8 Å². The van der Waals surface area contributed by atoms with Gasteiger partial charge in [-0.15, -0.1) is 11.3 Å². The number of hydrogen-bond donors (Lipinski definition) is 2. The van der Waals surface area contributed by atoms with Crippen LogP contribution in [0.3, 0.4) is 0 Å². The third-order valence-electron chi connectivity index (χ3n) is 3.29. The standard InChI is InChI=1S/C14H17NO4S2/c16-5-1-2-12-3-6-20-13(12)9-15-14(17)8-11-4-7-21(18,19)10-11/h3,6,11,16H,4-5,7-10H2,(H,15,17). The average Bonchev–Trinajstić information content (AvgIpc) is 3.00. The van der Waals surface area contributed by atoms with Crippen LogP contribution >= 0.6 is 11.3 Å². The molecule has 0 bridgehead atoms. The predicted molar refractivity (Wildman–Crippen MR) is 81.5 cm³/mol. The predicted octanol–water partition coefficient (Wildman–Crippen LogP) is 0.533. The van der Waals surface area contributed by atoms with Gasteiger partial charge in [-0.2, -0.15) is 0 Å². The Labute approximate surface area is 128 Å². The number of nitrogens with one attached hydrogen (secondary N) is 1. The first-order valence-corrected chi connectivity index (χ1v) is 9.33. The van der Waals surface area contributed by atoms with Crippen LogP contribution in [0.2, 0.25) is 0 Å². The lowest BCUT2D eigenvalue weighted by atomic mass is 10.1. The van der Waals surface area contributed by atoms with Crippen LogP contribution in [-0.4, -0.2) is 37.5 Å². The number of hydrogen-bond acceptors (Lipinski definition) is 5. The molecular weight excluding hydrogens is 310 g/mol. The summed E-state index contributed by atoms with van der Waals surface area (Å²) in [7, 11) is -2.94. The van der Waals surface area contributed by atoms with Crippen LogP contribution in [0.1, 0.15) is 23.3 Å². The molecule has 0 radical (unpaired) electrons. The summed E-state index contributed by atoms with van der Waals surface area (Å²) in [5.41, 5.74) is 0.804. The van der Waals surface area contributed by atoms with Gasteiger partial charge in [-0.25, -0.2) is 8.42 Å². The monoisotopic (exact) mass is 327 g/mol. The number of aliphatic hydroxyl groups excluding tert-OH is 1. The lowest BCUT2D eigenvalue weighted by Crippen LogP contribution is -2.25. The normalized spacial score (nSPS) is 19.8. The highest BCUT2D eigenvalue weighted by Crippen LogP contribution is 2.21. The van der Waals surface area contributed by atoms with Crippen LogP contribution in [0, 0.1) is 17.8 Å². The Morgan fingerprint density at radius 1 is 1.52 bits per heavy atom. The van der Waals surface area contributed by atoms with E-state index in [-0.39, 0.29) is 36.4 Å². The zero-order chi connectivity index (χ0) is 15.3. The Bertz CT molecular complexity index is 667. The van der Waals surface area contributed by atoms with Crippen molar-refractivity contribution in [2.45, 2.75) is 19.4 Å². The van der Waals surface area contributed by atoms with E-state index in [2.05, 4.69) is 17.2 Å². The molecule has 1 unspecified atom stereocenters. The second-order valence-corrected chi connectivity index (χ2v) is 8.20. The van der Waals surface area contributed by atoms with Crippen molar-refractivity contribution >= 4 is 27.1 Å². The number of thiophene rings is 1. The van der Waals surface area contributed by atoms with E-state index in [1.807, 2.05) is 11.4 Å². The van der Waals surface area contributed by atoms with Gasteiger partial charge in [0.2, 0.25) is 5.91 Å². The Morgan fingerprint density at radius 2 is 2.33 bits per heavy atom. The molecule has 1 amide bonds. The van der Waals surface area contributed by atoms with Crippen LogP contribution in [0.5, 0.6) is 0 Å². The second-order valence-electron chi connectivity index (χ2n) is 4.97. The van der Waals surface area contributed by atoms with Gasteiger partial charge < -0.3 is 10.4 Å². The number of rotatable bonds is 4. The minimum absolute atomic E-state index is 0.0630. The van der Waals surface area contributed by atoms with E-state index in [1.165, 1.54) is 11.3 Å². The third-order valence-corrected chi connectivity index (χ3v) is 6.05. The van der Waals surface area contributed by atoms with Crippen LogP contribution in [-0.2, 0) is 21.2 Å². The first-order valence-electron chi connectivity index (χ1n) is 6.63. The van der Waals surface area contributed by atoms with E-state index in [0.717, 1.165) is 10.4 Å². The Kier molecular flexibility index (Phi) is 5.39. The summed E-state index contributed by atoms with van der Waals surface area (Å²) in [6.45, 7) is 0.184. The fourth-order valence-corrected chi connectivity index (χ4v) is 4.90. The molecule has 1 fully saturated rings. The first kappa shape index (κ1) is 16.0. The van der Waals surface area contributed by atoms with E-state index in [1.54, 1.807) is 0 Å². The molecule has 2 rings (SSSR count). The highest BCUT2D eigenvalue weighted by atomic mass is 32.2. The molecule has 0 aliphatic carbocycles. The molecular formula is C14H17NO4S2. The molecule has 7 heteroatoms. The Balaban J connectivity index is 1.83. The molecule has 1 aromatic rings. The van der Waals surface area contributed by atoms with Gasteiger partial charge in [0.1, 0.15) is 6.61 Å². The highest BCUT2D eigenvalue weighted by molar-refractivity contribution is 7.91. The van der Waals surface area contributed by atoms with Crippen molar-refractivity contribution in [1.29, 1.82) is 0 Å². The number of carbonyl (C=O) groups is 1. The lowest BCUT2D eigenvalue weighted by Gasteiger charge is -2.08. The minimum atomic E-state index is -2.94. The third kappa shape index (κ3) is 4.84. The van der Waals surface area contributed by atoms with E-state index >= 15 is 0 Å². The molecule has 21 heavy (non-hydrogen) atoms. The van der Waals surface area contributed by atoms with Crippen LogP contribution in [0.4, 0.5) is 0 Å². The van der Waals surface area contributed by atoms with E-state index < -0.39 is 9.84 Å². The number of sulfone groups is 1. The summed E-state index contributed by atoms with van der Waals surface area (Å²) in [6.07, 6.45) is 0.824. The summed E-state index contributed by atoms with van der Waals surface area (Å²) in [4.78, 5) is 12.8. The topological polar surface area (TPSA) is 83.5 Å². The second kappa shape index (κ2) is 7.07. The molecule has 1 aliphatic heterocycles. The van der Waals surface area contributed by atoms with E-state index in [4.69, 9.17) is 5.11 Å². The van der Waals surface area contributed by atoms with Crippen molar-refractivity contribution < 1.29 is 18.3 Å². The SMILES string of the molecule is O=C(CC1CCS(=O)(=O)C1)NCc1sccc1C#CCO. The van der Waals surface area contributed by atoms with Crippen molar-refractivity contribution in [1.82, 2.24) is 5.32 Å². The van der Waals surface area contributed by atoms with Crippen molar-refractivity contribution in [3.8, 4) is 11.8 Å². The van der Waals surface area contributed by atoms with Gasteiger partial charge in [-0.1, -0.05) is 11.8 Å². The van der Waals surface area contributed by atoms with E-state index in [0.29, 0.717) is 13.0 Å². The van der Waals surface area contributed by atoms with Gasteiger partial charge in [0.05, 0.1) is 18.1 Å². The van der Waals surface area contributed by atoms with Crippen LogP contribution in [0.25, 0.3) is 0 Å². The molecule has 2 N–H and O–H groups in total. The molecule has 114 valence electrons. The van der Waals surface area contributed by atoms with E-state index in [9.17, 15) is 13.2 Å². The van der Waals surface area contributed by atoms with Crippen LogP contribution < -0.4 is 5.32 Å². The lowest BCUT2D eigenvalue weighted by molar-refractivity contribution is -0.122. The summed E-state index contributed by atoms with van der Waals surface area (Å²) >= 11 is 1.49. The van der Waals surface area contributed by atoms with Crippen LogP contribution in [0.15, 0.2) is 11.4 Å². The van der Waals surface area contributed by atoms with Crippen molar-refractivity contribution in [3.05, 3.63) is 21.9 Å². The molecule has 0 aromatic carbocycles. The Hall–Kier alpha value is -1.36. The molecule has 0 spiro atoms. The van der Waals surface area contributed by atoms with Gasteiger partial charge in [0, 0.05) is 16.9 Å². The van der Waals surface area contributed by atoms with Crippen molar-refractivity contribution in [2.24, 2.45) is 5.92 Å². The minimum Gasteiger partial charge on any atom is -0.384 e. The summed E-state index contributed by atoms with van der Waals surface area (Å²) < 4.78 is 22.7. The van der Waals surface area contributed by atoms with Crippen molar-refractivity contribution in [3.63, 3.8) is 0 Å². The molecule has 1 atom stereocenters. The largest absolute Gasteiger partial charge is 0.384 e. The maximum Gasteiger partial charge on any atom is 0.220 e. The first-order chi connectivity index (χ1) is 10.00. The molecule has 0 saturated carbocycles. The average molecular weight is 327 g/mol. The summed E-state index contributed by atoms with van der Waals surface area (Å²) in [6, 6.07) is 1.85. The fourth-order valence-electron chi connectivity index (χ4n) is 2.27. The number of carbonyl (C=O) groups excluding carboxylic acids is 1. The molecule has 1 aromatic heterocycles. The Morgan fingerprint density at radius 3 is 3.00 bits per heavy atom. The van der Waals surface area contributed by atoms with Gasteiger partial charge in [-0.3, -0.25) is 4.79 Å². The summed E-state index contributed by atoms with van der Waals surface area (Å²) in [5.74, 6) is 5.52.